The van der Waals surface area contributed by atoms with Gasteiger partial charge in [0, 0.05) is 19.3 Å². The van der Waals surface area contributed by atoms with Crippen molar-refractivity contribution in [1.29, 1.82) is 0 Å². The highest BCUT2D eigenvalue weighted by Crippen LogP contribution is 2.40. The number of carbonyl (C=O) groups is 1. The first kappa shape index (κ1) is 20.7. The Hall–Kier alpha value is -1.64. The molecule has 1 saturated heterocycles. The maximum Gasteiger partial charge on any atom is 0.412 e. The molecule has 1 aliphatic heterocycles. The van der Waals surface area contributed by atoms with E-state index in [4.69, 9.17) is 10.2 Å². The number of nitrogen functional groups attached to an aromatic ring is 1. The summed E-state index contributed by atoms with van der Waals surface area (Å²) in [5.74, 6) is 0.188. The summed E-state index contributed by atoms with van der Waals surface area (Å²) in [6.45, 7) is 14.4. The Morgan fingerprint density at radius 1 is 1.42 bits per heavy atom. The minimum absolute atomic E-state index is 0.0475. The summed E-state index contributed by atoms with van der Waals surface area (Å²) < 4.78 is 6.70. The number of carboxylic acid groups (broad SMARTS) is 1. The number of amides is 1. The van der Waals surface area contributed by atoms with Gasteiger partial charge < -0.3 is 20.6 Å². The van der Waals surface area contributed by atoms with Gasteiger partial charge in [-0.25, -0.2) is 4.79 Å². The van der Waals surface area contributed by atoms with Crippen LogP contribution >= 0.6 is 0 Å². The van der Waals surface area contributed by atoms with Crippen molar-refractivity contribution in [3.63, 3.8) is 0 Å². The summed E-state index contributed by atoms with van der Waals surface area (Å²) >= 11 is 0. The molecule has 0 bridgehead atoms. The first-order chi connectivity index (χ1) is 12.0. The third-order valence-corrected chi connectivity index (χ3v) is 10.1. The second-order valence-electron chi connectivity index (χ2n) is 8.63. The van der Waals surface area contributed by atoms with Gasteiger partial charge in [-0.05, 0) is 30.1 Å². The number of rotatable bonds is 4. The van der Waals surface area contributed by atoms with Crippen LogP contribution in [0.25, 0.3) is 0 Å². The van der Waals surface area contributed by atoms with Gasteiger partial charge in [-0.3, -0.25) is 9.88 Å². The Morgan fingerprint density at radius 3 is 2.62 bits per heavy atom. The Kier molecular flexibility index (Phi) is 5.99. The molecule has 26 heavy (non-hydrogen) atoms. The molecule has 1 aromatic heterocycles. The lowest BCUT2D eigenvalue weighted by Crippen LogP contribution is -2.62. The molecule has 0 aliphatic carbocycles. The van der Waals surface area contributed by atoms with Gasteiger partial charge in [0.25, 0.3) is 0 Å². The lowest BCUT2D eigenvalue weighted by Gasteiger charge is -2.47. The summed E-state index contributed by atoms with van der Waals surface area (Å²) in [5.41, 5.74) is 6.82. The second-order valence-corrected chi connectivity index (χ2v) is 13.4. The Bertz CT molecular complexity index is 648. The van der Waals surface area contributed by atoms with Crippen LogP contribution in [-0.2, 0) is 4.43 Å². The van der Waals surface area contributed by atoms with Crippen molar-refractivity contribution in [2.45, 2.75) is 58.0 Å². The number of anilines is 2. The lowest BCUT2D eigenvalue weighted by molar-refractivity contribution is 0.0740. The molecule has 0 radical (unpaired) electrons. The number of nitrogens with two attached hydrogens (primary N) is 1. The zero-order chi connectivity index (χ0) is 19.7. The molecular weight excluding hydrogens is 348 g/mol. The third-order valence-electron chi connectivity index (χ3n) is 5.62. The van der Waals surface area contributed by atoms with Gasteiger partial charge in [0.15, 0.2) is 8.32 Å². The zero-order valence-electron chi connectivity index (χ0n) is 16.6. The first-order valence-electron chi connectivity index (χ1n) is 9.06. The molecule has 7 nitrogen and oxygen atoms in total. The minimum Gasteiger partial charge on any atom is -0.465 e. The van der Waals surface area contributed by atoms with Gasteiger partial charge >= 0.3 is 6.09 Å². The number of hydrogen-bond donors (Lipinski definition) is 3. The van der Waals surface area contributed by atoms with Crippen LogP contribution in [0.5, 0.6) is 0 Å². The number of hydrogen-bond acceptors (Lipinski definition) is 5. The summed E-state index contributed by atoms with van der Waals surface area (Å²) in [5, 5.41) is 13.3. The molecule has 1 aromatic rings. The van der Waals surface area contributed by atoms with E-state index in [-0.39, 0.29) is 23.1 Å². The van der Waals surface area contributed by atoms with Crippen LogP contribution in [0, 0.1) is 5.92 Å². The SMILES string of the molecule is C[C@H]1CNC[C@@H](N(C(=O)O)c2ccncc2N)[C@@H]1O[Si](C)(C)C(C)(C)C. The summed E-state index contributed by atoms with van der Waals surface area (Å²) in [6.07, 6.45) is 1.81. The average molecular weight is 381 g/mol. The fourth-order valence-corrected chi connectivity index (χ4v) is 4.49. The maximum atomic E-state index is 12.1. The molecule has 0 unspecified atom stereocenters. The van der Waals surface area contributed by atoms with Crippen LogP contribution in [-0.4, -0.2) is 49.7 Å². The van der Waals surface area contributed by atoms with Crippen molar-refractivity contribution in [1.82, 2.24) is 10.3 Å². The Balaban J connectivity index is 2.42. The standard InChI is InChI=1S/C18H32N4O3Si/c1-12-9-21-11-15(16(12)25-26(5,6)18(2,3)4)22(17(23)24)14-7-8-20-10-13(14)19/h7-8,10,12,15-16,21H,9,11,19H2,1-6H3,(H,23,24)/t12-,15+,16+/m0/s1. The smallest absolute Gasteiger partial charge is 0.412 e. The van der Waals surface area contributed by atoms with Gasteiger partial charge in [-0.15, -0.1) is 0 Å². The van der Waals surface area contributed by atoms with Gasteiger partial charge in [0.05, 0.1) is 29.7 Å². The molecule has 2 rings (SSSR count). The number of piperidine rings is 1. The van der Waals surface area contributed by atoms with Crippen molar-refractivity contribution >= 4 is 25.8 Å². The maximum absolute atomic E-state index is 12.1. The van der Waals surface area contributed by atoms with E-state index in [0.29, 0.717) is 17.9 Å². The molecule has 1 amide bonds. The van der Waals surface area contributed by atoms with E-state index in [1.165, 1.54) is 11.1 Å². The lowest BCUT2D eigenvalue weighted by atomic mass is 9.92. The molecule has 4 N–H and O–H groups in total. The topological polar surface area (TPSA) is 101 Å². The predicted molar refractivity (Wildman–Crippen MR) is 107 cm³/mol. The molecule has 0 saturated carbocycles. The van der Waals surface area contributed by atoms with Crippen LogP contribution in [0.1, 0.15) is 27.7 Å². The Labute approximate surface area is 157 Å². The molecule has 8 heteroatoms. The van der Waals surface area contributed by atoms with Crippen molar-refractivity contribution < 1.29 is 14.3 Å². The molecule has 1 aliphatic rings. The molecule has 146 valence electrons. The van der Waals surface area contributed by atoms with Gasteiger partial charge in [0.1, 0.15) is 0 Å². The monoisotopic (exact) mass is 380 g/mol. The quantitative estimate of drug-likeness (QED) is 0.694. The highest BCUT2D eigenvalue weighted by molar-refractivity contribution is 6.74. The van der Waals surface area contributed by atoms with Crippen molar-refractivity contribution in [2.75, 3.05) is 23.7 Å². The van der Waals surface area contributed by atoms with Gasteiger partial charge in [-0.1, -0.05) is 27.7 Å². The van der Waals surface area contributed by atoms with E-state index in [9.17, 15) is 9.90 Å². The van der Waals surface area contributed by atoms with Gasteiger partial charge in [-0.2, -0.15) is 0 Å². The van der Waals surface area contributed by atoms with E-state index in [2.05, 4.69) is 51.1 Å². The highest BCUT2D eigenvalue weighted by atomic mass is 28.4. The predicted octanol–water partition coefficient (Wildman–Crippen LogP) is 3.15. The van der Waals surface area contributed by atoms with E-state index in [1.54, 1.807) is 12.3 Å². The second kappa shape index (κ2) is 7.54. The molecule has 2 heterocycles. The average Bonchev–Trinajstić information content (AvgIpc) is 2.51. The van der Waals surface area contributed by atoms with Crippen molar-refractivity contribution in [3.8, 4) is 0 Å². The fraction of sp³-hybridized carbons (Fsp3) is 0.667. The summed E-state index contributed by atoms with van der Waals surface area (Å²) in [7, 11) is -2.06. The van der Waals surface area contributed by atoms with Crippen LogP contribution in [0.2, 0.25) is 18.1 Å². The van der Waals surface area contributed by atoms with E-state index >= 15 is 0 Å². The van der Waals surface area contributed by atoms with Crippen LogP contribution in [0.3, 0.4) is 0 Å². The molecule has 1 fully saturated rings. The van der Waals surface area contributed by atoms with Crippen LogP contribution < -0.4 is 16.0 Å². The number of aromatic nitrogens is 1. The molecule has 0 spiro atoms. The van der Waals surface area contributed by atoms with E-state index < -0.39 is 14.4 Å². The van der Waals surface area contributed by atoms with Crippen LogP contribution in [0.15, 0.2) is 18.5 Å². The fourth-order valence-electron chi connectivity index (χ4n) is 3.06. The molecule has 0 aromatic carbocycles. The summed E-state index contributed by atoms with van der Waals surface area (Å²) in [6, 6.07) is 1.29. The number of nitrogens with zero attached hydrogens (tertiary/aromatic N) is 2. The van der Waals surface area contributed by atoms with Crippen molar-refractivity contribution in [2.24, 2.45) is 5.92 Å². The number of nitrogens with one attached hydrogen (secondary N) is 1. The zero-order valence-corrected chi connectivity index (χ0v) is 17.6. The first-order valence-corrected chi connectivity index (χ1v) is 12.0. The summed E-state index contributed by atoms with van der Waals surface area (Å²) in [4.78, 5) is 17.5. The van der Waals surface area contributed by atoms with E-state index in [0.717, 1.165) is 6.54 Å². The minimum atomic E-state index is -2.06. The third kappa shape index (κ3) is 4.19. The van der Waals surface area contributed by atoms with Crippen LogP contribution in [0.4, 0.5) is 16.2 Å². The molecular formula is C18H32N4O3Si. The number of pyridine rings is 1. The normalized spacial score (nSPS) is 24.3. The van der Waals surface area contributed by atoms with Gasteiger partial charge in [0.2, 0.25) is 0 Å². The van der Waals surface area contributed by atoms with Crippen molar-refractivity contribution in [3.05, 3.63) is 18.5 Å². The van der Waals surface area contributed by atoms with E-state index in [1.807, 2.05) is 0 Å². The Morgan fingerprint density at radius 2 is 2.08 bits per heavy atom. The molecule has 3 atom stereocenters. The largest absolute Gasteiger partial charge is 0.465 e. The highest BCUT2D eigenvalue weighted by Gasteiger charge is 2.45.